The number of carbonyl (C=O) groups is 1. The summed E-state index contributed by atoms with van der Waals surface area (Å²) in [6.45, 7) is 0.483. The molecule has 11 heteroatoms. The molecule has 180 valence electrons. The molecule has 3 aromatic heterocycles. The van der Waals surface area contributed by atoms with E-state index in [4.69, 9.17) is 19.3 Å². The average molecular weight is 494 g/mol. The molecule has 0 saturated carbocycles. The van der Waals surface area contributed by atoms with Gasteiger partial charge in [0.1, 0.15) is 23.6 Å². The molecule has 0 atom stereocenters. The van der Waals surface area contributed by atoms with Crippen molar-refractivity contribution < 1.29 is 24.1 Å². The predicted molar refractivity (Wildman–Crippen MR) is 128 cm³/mol. The Kier molecular flexibility index (Phi) is 5.13. The number of aromatic nitrogens is 4. The first-order valence-corrected chi connectivity index (χ1v) is 12.0. The number of aliphatic hydroxyl groups is 1. The van der Waals surface area contributed by atoms with Crippen molar-refractivity contribution >= 4 is 17.2 Å². The number of methoxy groups -OCH3 is 1. The Bertz CT molecular complexity index is 1410. The number of hydrogen-bond acceptors (Lipinski definition) is 8. The number of carbonyl (C=O) groups excluding carboxylic acids is 1. The number of benzene rings is 1. The minimum Gasteiger partial charge on any atom is -0.496 e. The molecule has 2 aliphatic rings. The van der Waals surface area contributed by atoms with Crippen LogP contribution < -0.4 is 14.8 Å². The maximum absolute atomic E-state index is 13.3. The van der Waals surface area contributed by atoms with Crippen molar-refractivity contribution in [1.29, 1.82) is 0 Å². The first-order valence-electron chi connectivity index (χ1n) is 11.0. The number of rotatable bonds is 6. The summed E-state index contributed by atoms with van der Waals surface area (Å²) in [4.78, 5) is 13.3. The average Bonchev–Trinajstić information content (AvgIpc) is 3.59. The molecule has 0 radical (unpaired) electrons. The second-order valence-electron chi connectivity index (χ2n) is 8.63. The van der Waals surface area contributed by atoms with E-state index >= 15 is 0 Å². The highest BCUT2D eigenvalue weighted by Gasteiger charge is 2.41. The highest BCUT2D eigenvalue weighted by Crippen LogP contribution is 2.46. The molecule has 6 rings (SSSR count). The monoisotopic (exact) mass is 493 g/mol. The van der Waals surface area contributed by atoms with Crippen molar-refractivity contribution in [3.63, 3.8) is 0 Å². The van der Waals surface area contributed by atoms with Crippen LogP contribution >= 0.6 is 11.3 Å². The minimum atomic E-state index is -0.788. The topological polar surface area (TPSA) is 113 Å². The van der Waals surface area contributed by atoms with E-state index in [-0.39, 0.29) is 38.0 Å². The fourth-order valence-corrected chi connectivity index (χ4v) is 5.10. The highest BCUT2D eigenvalue weighted by atomic mass is 32.1. The number of aryl methyl sites for hydroxylation is 1. The molecule has 35 heavy (non-hydrogen) atoms. The lowest BCUT2D eigenvalue weighted by Crippen LogP contribution is -2.64. The minimum absolute atomic E-state index is 0.173. The third-order valence-corrected chi connectivity index (χ3v) is 7.08. The third kappa shape index (κ3) is 3.42. The molecular formula is C24H23N5O5S. The molecule has 1 fully saturated rings. The number of nitrogens with one attached hydrogen (secondary N) is 1. The summed E-state index contributed by atoms with van der Waals surface area (Å²) in [5.74, 6) is 0.924. The quantitative estimate of drug-likeness (QED) is 0.424. The van der Waals surface area contributed by atoms with Crippen LogP contribution in [0.5, 0.6) is 11.5 Å². The number of ether oxygens (including phenoxy) is 3. The standard InChI is InChI=1S/C24H23N5O5S/c1-28-18(3-5-25-28)15-7-16-20(8-19(15)32-2)34-9-17-21(23(31)26-24(11-30)12-33-13-24)27-29(22(16)17)14-4-6-35-10-14/h3-8,10,30H,9,11-13H2,1-2H3,(H,26,31). The predicted octanol–water partition coefficient (Wildman–Crippen LogP) is 2.39. The summed E-state index contributed by atoms with van der Waals surface area (Å²) < 4.78 is 20.6. The first kappa shape index (κ1) is 21.8. The van der Waals surface area contributed by atoms with Crippen molar-refractivity contribution in [3.8, 4) is 39.7 Å². The molecule has 0 aliphatic carbocycles. The van der Waals surface area contributed by atoms with Gasteiger partial charge >= 0.3 is 0 Å². The van der Waals surface area contributed by atoms with Gasteiger partial charge in [-0.1, -0.05) is 0 Å². The van der Waals surface area contributed by atoms with Crippen LogP contribution in [0.25, 0.3) is 28.2 Å². The summed E-state index contributed by atoms with van der Waals surface area (Å²) in [6.07, 6.45) is 1.73. The summed E-state index contributed by atoms with van der Waals surface area (Å²) in [5.41, 5.74) is 4.30. The molecule has 1 saturated heterocycles. The van der Waals surface area contributed by atoms with E-state index < -0.39 is 5.54 Å². The third-order valence-electron chi connectivity index (χ3n) is 6.41. The van der Waals surface area contributed by atoms with Crippen molar-refractivity contribution in [1.82, 2.24) is 24.9 Å². The number of amides is 1. The molecular weight excluding hydrogens is 470 g/mol. The van der Waals surface area contributed by atoms with E-state index in [1.54, 1.807) is 34.0 Å². The first-order chi connectivity index (χ1) is 17.0. The molecule has 5 heterocycles. The van der Waals surface area contributed by atoms with E-state index in [0.717, 1.165) is 28.2 Å². The van der Waals surface area contributed by atoms with Gasteiger partial charge in [-0.15, -0.1) is 0 Å². The Labute approximate surface area is 204 Å². The lowest BCUT2D eigenvalue weighted by atomic mass is 9.96. The van der Waals surface area contributed by atoms with E-state index in [1.165, 1.54) is 0 Å². The van der Waals surface area contributed by atoms with Crippen LogP contribution in [-0.4, -0.2) is 63.0 Å². The molecule has 0 bridgehead atoms. The number of thiophene rings is 1. The lowest BCUT2D eigenvalue weighted by molar-refractivity contribution is -0.0920. The Hall–Kier alpha value is -3.67. The zero-order chi connectivity index (χ0) is 24.2. The largest absolute Gasteiger partial charge is 0.496 e. The summed E-state index contributed by atoms with van der Waals surface area (Å²) in [5, 5.41) is 25.7. The summed E-state index contributed by atoms with van der Waals surface area (Å²) in [7, 11) is 3.49. The molecule has 1 aromatic carbocycles. The normalized spacial score (nSPS) is 15.5. The smallest absolute Gasteiger partial charge is 0.272 e. The second-order valence-corrected chi connectivity index (χ2v) is 9.41. The van der Waals surface area contributed by atoms with E-state index in [2.05, 4.69) is 10.4 Å². The van der Waals surface area contributed by atoms with Crippen molar-refractivity contribution in [2.45, 2.75) is 12.1 Å². The summed E-state index contributed by atoms with van der Waals surface area (Å²) >= 11 is 1.55. The molecule has 4 aromatic rings. The van der Waals surface area contributed by atoms with Crippen LogP contribution in [0.4, 0.5) is 0 Å². The van der Waals surface area contributed by atoms with Crippen molar-refractivity contribution in [2.75, 3.05) is 26.9 Å². The van der Waals surface area contributed by atoms with Gasteiger partial charge in [0.15, 0.2) is 5.69 Å². The molecule has 0 spiro atoms. The number of aliphatic hydroxyl groups excluding tert-OH is 1. The zero-order valence-electron chi connectivity index (χ0n) is 19.1. The van der Waals surface area contributed by atoms with Crippen LogP contribution in [0, 0.1) is 0 Å². The molecule has 0 unspecified atom stereocenters. The SMILES string of the molecule is COc1cc2c(cc1-c1ccnn1C)-c1c(c(C(=O)NC3(CO)COC3)nn1-c1ccsc1)CO2. The lowest BCUT2D eigenvalue weighted by Gasteiger charge is -2.40. The maximum atomic E-state index is 13.3. The van der Waals surface area contributed by atoms with Crippen LogP contribution in [0.3, 0.4) is 0 Å². The van der Waals surface area contributed by atoms with Gasteiger partial charge in [-0.3, -0.25) is 9.48 Å². The van der Waals surface area contributed by atoms with E-state index in [0.29, 0.717) is 17.1 Å². The van der Waals surface area contributed by atoms with Gasteiger partial charge in [0, 0.05) is 41.4 Å². The van der Waals surface area contributed by atoms with Gasteiger partial charge in [0.25, 0.3) is 5.91 Å². The second kappa shape index (κ2) is 8.22. The number of fused-ring (bicyclic) bond motifs is 3. The Morgan fingerprint density at radius 2 is 2.17 bits per heavy atom. The van der Waals surface area contributed by atoms with Gasteiger partial charge < -0.3 is 24.6 Å². The highest BCUT2D eigenvalue weighted by molar-refractivity contribution is 7.08. The van der Waals surface area contributed by atoms with Crippen molar-refractivity contribution in [2.24, 2.45) is 7.05 Å². The number of nitrogens with zero attached hydrogens (tertiary/aromatic N) is 4. The number of hydrogen-bond donors (Lipinski definition) is 2. The van der Waals surface area contributed by atoms with E-state index in [1.807, 2.05) is 42.1 Å². The van der Waals surface area contributed by atoms with Crippen LogP contribution in [0.15, 0.2) is 41.2 Å². The molecule has 10 nitrogen and oxygen atoms in total. The van der Waals surface area contributed by atoms with Gasteiger partial charge in [-0.25, -0.2) is 4.68 Å². The Balaban J connectivity index is 1.53. The van der Waals surface area contributed by atoms with Crippen molar-refractivity contribution in [3.05, 3.63) is 52.5 Å². The fraction of sp³-hybridized carbons (Fsp3) is 0.292. The Morgan fingerprint density at radius 3 is 2.80 bits per heavy atom. The Morgan fingerprint density at radius 1 is 1.31 bits per heavy atom. The molecule has 2 aliphatic heterocycles. The zero-order valence-corrected chi connectivity index (χ0v) is 20.0. The van der Waals surface area contributed by atoms with Crippen LogP contribution in [0.2, 0.25) is 0 Å². The molecule has 1 amide bonds. The summed E-state index contributed by atoms with van der Waals surface area (Å²) in [6, 6.07) is 7.72. The van der Waals surface area contributed by atoms with Gasteiger partial charge in [-0.05, 0) is 23.6 Å². The van der Waals surface area contributed by atoms with Gasteiger partial charge in [0.05, 0.1) is 44.0 Å². The maximum Gasteiger partial charge on any atom is 0.272 e. The van der Waals surface area contributed by atoms with Crippen LogP contribution in [-0.2, 0) is 18.4 Å². The van der Waals surface area contributed by atoms with Crippen LogP contribution in [0.1, 0.15) is 16.1 Å². The van der Waals surface area contributed by atoms with E-state index in [9.17, 15) is 9.90 Å². The van der Waals surface area contributed by atoms with Gasteiger partial charge in [-0.2, -0.15) is 21.5 Å². The van der Waals surface area contributed by atoms with Gasteiger partial charge in [0.2, 0.25) is 0 Å². The molecule has 2 N–H and O–H groups in total. The fourth-order valence-electron chi connectivity index (χ4n) is 4.48.